The van der Waals surface area contributed by atoms with Crippen LogP contribution in [-0.2, 0) is 9.47 Å². The molecule has 1 N–H and O–H groups in total. The van der Waals surface area contributed by atoms with Crippen LogP contribution in [0.15, 0.2) is 0 Å². The standard InChI is InChI=1S/C12H25NO2S/c1-12(2,14-4)6-5-10(13-3)11-9-16-8-7-15-11/h10-11,13H,5-9H2,1-4H3. The summed E-state index contributed by atoms with van der Waals surface area (Å²) in [5, 5.41) is 3.37. The first kappa shape index (κ1) is 14.3. The largest absolute Gasteiger partial charge is 0.379 e. The molecule has 4 heteroatoms. The molecule has 16 heavy (non-hydrogen) atoms. The van der Waals surface area contributed by atoms with E-state index in [4.69, 9.17) is 9.47 Å². The van der Waals surface area contributed by atoms with Crippen LogP contribution < -0.4 is 5.32 Å². The summed E-state index contributed by atoms with van der Waals surface area (Å²) in [5.74, 6) is 2.25. The Bertz CT molecular complexity index is 193. The minimum atomic E-state index is -0.0308. The van der Waals surface area contributed by atoms with Crippen molar-refractivity contribution in [3.63, 3.8) is 0 Å². The molecule has 0 amide bonds. The fourth-order valence-electron chi connectivity index (χ4n) is 1.86. The van der Waals surface area contributed by atoms with Crippen molar-refractivity contribution in [3.05, 3.63) is 0 Å². The fourth-order valence-corrected chi connectivity index (χ4v) is 2.80. The van der Waals surface area contributed by atoms with Crippen molar-refractivity contribution >= 4 is 11.8 Å². The highest BCUT2D eigenvalue weighted by Gasteiger charge is 2.26. The number of likely N-dealkylation sites (N-methyl/N-ethyl adjacent to an activating group) is 1. The smallest absolute Gasteiger partial charge is 0.0818 e. The van der Waals surface area contributed by atoms with Crippen LogP contribution in [0.3, 0.4) is 0 Å². The van der Waals surface area contributed by atoms with Gasteiger partial charge in [0.25, 0.3) is 0 Å². The highest BCUT2D eigenvalue weighted by molar-refractivity contribution is 7.99. The van der Waals surface area contributed by atoms with Crippen LogP contribution >= 0.6 is 11.8 Å². The van der Waals surface area contributed by atoms with Gasteiger partial charge in [-0.25, -0.2) is 0 Å². The van der Waals surface area contributed by atoms with Crippen LogP contribution in [0.5, 0.6) is 0 Å². The minimum Gasteiger partial charge on any atom is -0.379 e. The molecule has 0 bridgehead atoms. The van der Waals surface area contributed by atoms with E-state index < -0.39 is 0 Å². The summed E-state index contributed by atoms with van der Waals surface area (Å²) >= 11 is 1.99. The van der Waals surface area contributed by atoms with Crippen molar-refractivity contribution in [3.8, 4) is 0 Å². The molecule has 0 aromatic heterocycles. The number of rotatable bonds is 6. The van der Waals surface area contributed by atoms with E-state index in [1.807, 2.05) is 18.8 Å². The molecule has 1 aliphatic heterocycles. The van der Waals surface area contributed by atoms with Gasteiger partial charge in [0.05, 0.1) is 18.3 Å². The normalized spacial score (nSPS) is 24.4. The van der Waals surface area contributed by atoms with Crippen molar-refractivity contribution in [2.24, 2.45) is 0 Å². The first-order valence-corrected chi connectivity index (χ1v) is 7.16. The number of hydrogen-bond donors (Lipinski definition) is 1. The predicted molar refractivity (Wildman–Crippen MR) is 70.2 cm³/mol. The van der Waals surface area contributed by atoms with E-state index in [-0.39, 0.29) is 5.60 Å². The molecule has 0 saturated carbocycles. The van der Waals surface area contributed by atoms with Crippen LogP contribution in [0.4, 0.5) is 0 Å². The van der Waals surface area contributed by atoms with Gasteiger partial charge in [0.2, 0.25) is 0 Å². The zero-order valence-corrected chi connectivity index (χ0v) is 11.7. The van der Waals surface area contributed by atoms with E-state index >= 15 is 0 Å². The first-order valence-electron chi connectivity index (χ1n) is 6.01. The molecule has 0 aromatic rings. The first-order chi connectivity index (χ1) is 7.59. The van der Waals surface area contributed by atoms with Gasteiger partial charge < -0.3 is 14.8 Å². The van der Waals surface area contributed by atoms with Gasteiger partial charge in [0, 0.05) is 24.7 Å². The Hall–Kier alpha value is 0.230. The Kier molecular flexibility index (Phi) is 6.11. The highest BCUT2D eigenvalue weighted by atomic mass is 32.2. The molecule has 0 spiro atoms. The second-order valence-electron chi connectivity index (χ2n) is 4.88. The van der Waals surface area contributed by atoms with Crippen molar-refractivity contribution < 1.29 is 9.47 Å². The van der Waals surface area contributed by atoms with Gasteiger partial charge in [0.1, 0.15) is 0 Å². The van der Waals surface area contributed by atoms with Crippen molar-refractivity contribution in [1.82, 2.24) is 5.32 Å². The average molecular weight is 247 g/mol. The lowest BCUT2D eigenvalue weighted by Crippen LogP contribution is -2.44. The van der Waals surface area contributed by atoms with Crippen LogP contribution in [-0.4, -0.2) is 50.0 Å². The topological polar surface area (TPSA) is 30.5 Å². The average Bonchev–Trinajstić information content (AvgIpc) is 2.31. The van der Waals surface area contributed by atoms with Crippen molar-refractivity contribution in [1.29, 1.82) is 0 Å². The predicted octanol–water partition coefficient (Wildman–Crippen LogP) is 1.91. The molecule has 1 rings (SSSR count). The van der Waals surface area contributed by atoms with Gasteiger partial charge in [-0.1, -0.05) is 0 Å². The molecule has 2 atom stereocenters. The number of hydrogen-bond acceptors (Lipinski definition) is 4. The zero-order valence-electron chi connectivity index (χ0n) is 10.9. The summed E-state index contributed by atoms with van der Waals surface area (Å²) in [4.78, 5) is 0. The molecule has 0 aromatic carbocycles. The molecular weight excluding hydrogens is 222 g/mol. The summed E-state index contributed by atoms with van der Waals surface area (Å²) < 4.78 is 11.3. The molecule has 96 valence electrons. The van der Waals surface area contributed by atoms with Crippen LogP contribution in [0.2, 0.25) is 0 Å². The third kappa shape index (κ3) is 4.62. The van der Waals surface area contributed by atoms with Crippen LogP contribution in [0, 0.1) is 0 Å². The maximum Gasteiger partial charge on any atom is 0.0818 e. The van der Waals surface area contributed by atoms with Gasteiger partial charge in [-0.05, 0) is 33.7 Å². The Labute approximate surface area is 104 Å². The maximum absolute atomic E-state index is 5.81. The van der Waals surface area contributed by atoms with E-state index in [1.54, 1.807) is 7.11 Å². The van der Waals surface area contributed by atoms with Gasteiger partial charge in [0.15, 0.2) is 0 Å². The zero-order chi connectivity index (χ0) is 12.0. The van der Waals surface area contributed by atoms with E-state index in [9.17, 15) is 0 Å². The number of methoxy groups -OCH3 is 1. The SMILES string of the molecule is CNC(CCC(C)(C)OC)C1CSCCO1. The van der Waals surface area contributed by atoms with Gasteiger partial charge >= 0.3 is 0 Å². The highest BCUT2D eigenvalue weighted by Crippen LogP contribution is 2.22. The third-order valence-corrected chi connectivity index (χ3v) is 4.29. The lowest BCUT2D eigenvalue weighted by atomic mass is 9.96. The summed E-state index contributed by atoms with van der Waals surface area (Å²) in [6.45, 7) is 5.16. The quantitative estimate of drug-likeness (QED) is 0.777. The van der Waals surface area contributed by atoms with E-state index in [2.05, 4.69) is 19.2 Å². The third-order valence-electron chi connectivity index (χ3n) is 3.27. The molecule has 2 unspecified atom stereocenters. The monoisotopic (exact) mass is 247 g/mol. The van der Waals surface area contributed by atoms with Gasteiger partial charge in [-0.2, -0.15) is 11.8 Å². The van der Waals surface area contributed by atoms with Crippen molar-refractivity contribution in [2.75, 3.05) is 32.3 Å². The van der Waals surface area contributed by atoms with Gasteiger partial charge in [-0.15, -0.1) is 0 Å². The summed E-state index contributed by atoms with van der Waals surface area (Å²) in [5.41, 5.74) is -0.0308. The molecule has 1 aliphatic rings. The Morgan fingerprint density at radius 2 is 2.31 bits per heavy atom. The van der Waals surface area contributed by atoms with E-state index in [0.29, 0.717) is 12.1 Å². The van der Waals surface area contributed by atoms with E-state index in [1.165, 1.54) is 0 Å². The van der Waals surface area contributed by atoms with Crippen LogP contribution in [0.25, 0.3) is 0 Å². The molecule has 1 fully saturated rings. The van der Waals surface area contributed by atoms with Crippen molar-refractivity contribution in [2.45, 2.75) is 44.4 Å². The lowest BCUT2D eigenvalue weighted by molar-refractivity contribution is 0.000352. The molecule has 0 radical (unpaired) electrons. The fraction of sp³-hybridized carbons (Fsp3) is 1.00. The number of ether oxygens (including phenoxy) is 2. The summed E-state index contributed by atoms with van der Waals surface area (Å²) in [7, 11) is 3.80. The molecule has 0 aliphatic carbocycles. The molecular formula is C12H25NO2S. The number of nitrogens with one attached hydrogen (secondary N) is 1. The number of thioether (sulfide) groups is 1. The van der Waals surface area contributed by atoms with E-state index in [0.717, 1.165) is 31.0 Å². The molecule has 1 heterocycles. The Balaban J connectivity index is 2.36. The second kappa shape index (κ2) is 6.84. The minimum absolute atomic E-state index is 0.0308. The summed E-state index contributed by atoms with van der Waals surface area (Å²) in [6, 6.07) is 0.447. The Morgan fingerprint density at radius 1 is 1.56 bits per heavy atom. The van der Waals surface area contributed by atoms with Gasteiger partial charge in [-0.3, -0.25) is 0 Å². The second-order valence-corrected chi connectivity index (χ2v) is 6.03. The summed E-state index contributed by atoms with van der Waals surface area (Å²) in [6.07, 6.45) is 2.51. The maximum atomic E-state index is 5.81. The lowest BCUT2D eigenvalue weighted by Gasteiger charge is -2.32. The Morgan fingerprint density at radius 3 is 2.81 bits per heavy atom. The van der Waals surface area contributed by atoms with Crippen LogP contribution in [0.1, 0.15) is 26.7 Å². The molecule has 1 saturated heterocycles. The molecule has 3 nitrogen and oxygen atoms in total.